The third kappa shape index (κ3) is 3.26. The van der Waals surface area contributed by atoms with Crippen molar-refractivity contribution in [1.29, 1.82) is 0 Å². The van der Waals surface area contributed by atoms with E-state index in [4.69, 9.17) is 19.9 Å². The molecule has 0 bridgehead atoms. The van der Waals surface area contributed by atoms with Crippen molar-refractivity contribution in [3.05, 3.63) is 54.1 Å². The van der Waals surface area contributed by atoms with Gasteiger partial charge in [0.25, 0.3) is 0 Å². The number of phenols is 1. The zero-order chi connectivity index (χ0) is 13.0. The molecule has 0 heterocycles. The van der Waals surface area contributed by atoms with E-state index in [9.17, 15) is 0 Å². The van der Waals surface area contributed by atoms with Crippen molar-refractivity contribution < 1.29 is 19.9 Å². The van der Waals surface area contributed by atoms with Crippen LogP contribution in [0, 0.1) is 0 Å². The van der Waals surface area contributed by atoms with Crippen molar-refractivity contribution in [2.24, 2.45) is 0 Å². The first-order valence-electron chi connectivity index (χ1n) is 5.52. The first-order chi connectivity index (χ1) is 8.65. The lowest BCUT2D eigenvalue weighted by Gasteiger charge is -2.08. The van der Waals surface area contributed by atoms with Crippen molar-refractivity contribution in [3.8, 4) is 11.5 Å². The molecule has 0 aromatic heterocycles. The van der Waals surface area contributed by atoms with Gasteiger partial charge in [0.15, 0.2) is 0 Å². The van der Waals surface area contributed by atoms with E-state index in [0.717, 1.165) is 5.56 Å². The molecule has 0 fully saturated rings. The average molecular weight is 244 g/mol. The molecule has 0 aliphatic heterocycles. The Morgan fingerprint density at radius 1 is 1.00 bits per heavy atom. The molecule has 2 aromatic carbocycles. The topological polar surface area (TPSA) is 69.9 Å². The van der Waals surface area contributed by atoms with Crippen molar-refractivity contribution in [2.45, 2.75) is 6.61 Å². The highest BCUT2D eigenvalue weighted by Crippen LogP contribution is 2.13. The Morgan fingerprint density at radius 3 is 2.39 bits per heavy atom. The lowest BCUT2D eigenvalue weighted by Crippen LogP contribution is -2.29. The quantitative estimate of drug-likeness (QED) is 0.690. The predicted molar refractivity (Wildman–Crippen MR) is 68.7 cm³/mol. The molecule has 0 unspecified atom stereocenters. The first-order valence-corrected chi connectivity index (χ1v) is 5.52. The normalized spacial score (nSPS) is 10.1. The van der Waals surface area contributed by atoms with E-state index in [1.54, 1.807) is 48.5 Å². The Kier molecular flexibility index (Phi) is 3.87. The van der Waals surface area contributed by atoms with Crippen molar-refractivity contribution in [3.63, 3.8) is 0 Å². The van der Waals surface area contributed by atoms with Gasteiger partial charge in [-0.1, -0.05) is 24.3 Å². The van der Waals surface area contributed by atoms with E-state index < -0.39 is 7.12 Å². The third-order valence-corrected chi connectivity index (χ3v) is 2.50. The second-order valence-corrected chi connectivity index (χ2v) is 3.90. The zero-order valence-electron chi connectivity index (χ0n) is 9.65. The summed E-state index contributed by atoms with van der Waals surface area (Å²) in [4.78, 5) is 0. The molecule has 0 aliphatic rings. The zero-order valence-corrected chi connectivity index (χ0v) is 9.65. The fraction of sp³-hybridized carbons (Fsp3) is 0.0769. The smallest absolute Gasteiger partial charge is 0.488 e. The van der Waals surface area contributed by atoms with Gasteiger partial charge in [0.2, 0.25) is 0 Å². The molecule has 92 valence electrons. The Balaban J connectivity index is 2.01. The van der Waals surface area contributed by atoms with E-state index in [0.29, 0.717) is 17.8 Å². The third-order valence-electron chi connectivity index (χ3n) is 2.50. The Morgan fingerprint density at radius 2 is 1.72 bits per heavy atom. The van der Waals surface area contributed by atoms with Crippen molar-refractivity contribution >= 4 is 12.6 Å². The van der Waals surface area contributed by atoms with E-state index in [1.165, 1.54) is 0 Å². The molecule has 0 saturated carbocycles. The highest BCUT2D eigenvalue weighted by atomic mass is 16.5. The maximum Gasteiger partial charge on any atom is 0.488 e. The van der Waals surface area contributed by atoms with Crippen LogP contribution in [0.3, 0.4) is 0 Å². The summed E-state index contributed by atoms with van der Waals surface area (Å²) in [7, 11) is -1.50. The van der Waals surface area contributed by atoms with Gasteiger partial charge in [0.1, 0.15) is 18.1 Å². The Hall–Kier alpha value is -1.98. The largest absolute Gasteiger partial charge is 0.508 e. The number of hydrogen-bond donors (Lipinski definition) is 3. The van der Waals surface area contributed by atoms with Gasteiger partial charge in [-0.05, 0) is 35.3 Å². The lowest BCUT2D eigenvalue weighted by atomic mass is 9.80. The summed E-state index contributed by atoms with van der Waals surface area (Å²) in [5.74, 6) is 0.776. The fourth-order valence-corrected chi connectivity index (χ4v) is 1.52. The van der Waals surface area contributed by atoms with Crippen LogP contribution in [0.2, 0.25) is 0 Å². The van der Waals surface area contributed by atoms with Gasteiger partial charge in [0, 0.05) is 0 Å². The van der Waals surface area contributed by atoms with Crippen LogP contribution in [0.25, 0.3) is 0 Å². The maximum atomic E-state index is 9.14. The number of phenolic OH excluding ortho intramolecular Hbond substituents is 1. The van der Waals surface area contributed by atoms with Gasteiger partial charge in [-0.15, -0.1) is 0 Å². The van der Waals surface area contributed by atoms with Crippen LogP contribution in [0.1, 0.15) is 5.56 Å². The minimum atomic E-state index is -1.50. The van der Waals surface area contributed by atoms with E-state index >= 15 is 0 Å². The summed E-state index contributed by atoms with van der Waals surface area (Å²) < 4.78 is 5.52. The highest BCUT2D eigenvalue weighted by molar-refractivity contribution is 6.58. The summed E-state index contributed by atoms with van der Waals surface area (Å²) >= 11 is 0. The number of aromatic hydroxyl groups is 1. The number of rotatable bonds is 4. The van der Waals surface area contributed by atoms with Crippen LogP contribution in [0.5, 0.6) is 11.5 Å². The second-order valence-electron chi connectivity index (χ2n) is 3.90. The van der Waals surface area contributed by atoms with Gasteiger partial charge < -0.3 is 19.9 Å². The molecule has 0 aliphatic carbocycles. The summed E-state index contributed by atoms with van der Waals surface area (Å²) in [5, 5.41) is 27.2. The highest BCUT2D eigenvalue weighted by Gasteiger charge is 2.10. The second kappa shape index (κ2) is 5.57. The van der Waals surface area contributed by atoms with E-state index in [2.05, 4.69) is 0 Å². The van der Waals surface area contributed by atoms with Crippen LogP contribution in [-0.2, 0) is 6.61 Å². The van der Waals surface area contributed by atoms with E-state index in [-0.39, 0.29) is 5.75 Å². The molecule has 0 atom stereocenters. The standard InChI is InChI=1S/C13H13BO4/c15-12-6-4-10(5-7-12)9-18-13-3-1-2-11(8-13)14(16)17/h1-8,15-17H,9H2. The number of ether oxygens (including phenoxy) is 1. The van der Waals surface area contributed by atoms with Gasteiger partial charge in [0.05, 0.1) is 0 Å². The predicted octanol–water partition coefficient (Wildman–Crippen LogP) is 0.651. The summed E-state index contributed by atoms with van der Waals surface area (Å²) in [5.41, 5.74) is 1.31. The average Bonchev–Trinajstić information content (AvgIpc) is 2.38. The van der Waals surface area contributed by atoms with Crippen molar-refractivity contribution in [1.82, 2.24) is 0 Å². The molecule has 2 rings (SSSR count). The first kappa shape index (κ1) is 12.5. The molecule has 18 heavy (non-hydrogen) atoms. The molecule has 0 spiro atoms. The summed E-state index contributed by atoms with van der Waals surface area (Å²) in [6.45, 7) is 0.352. The maximum absolute atomic E-state index is 9.14. The van der Waals surface area contributed by atoms with Gasteiger partial charge in [-0.3, -0.25) is 0 Å². The summed E-state index contributed by atoms with van der Waals surface area (Å²) in [6, 6.07) is 13.3. The molecule has 4 nitrogen and oxygen atoms in total. The minimum absolute atomic E-state index is 0.212. The van der Waals surface area contributed by atoms with Crippen LogP contribution in [0.15, 0.2) is 48.5 Å². The molecular weight excluding hydrogens is 231 g/mol. The van der Waals surface area contributed by atoms with Crippen LogP contribution < -0.4 is 10.2 Å². The van der Waals surface area contributed by atoms with E-state index in [1.807, 2.05) is 0 Å². The number of benzene rings is 2. The molecule has 0 radical (unpaired) electrons. The lowest BCUT2D eigenvalue weighted by molar-refractivity contribution is 0.306. The molecule has 5 heteroatoms. The fourth-order valence-electron chi connectivity index (χ4n) is 1.52. The minimum Gasteiger partial charge on any atom is -0.508 e. The molecule has 0 amide bonds. The Bertz CT molecular complexity index is 511. The monoisotopic (exact) mass is 244 g/mol. The molecule has 2 aromatic rings. The molecule has 3 N–H and O–H groups in total. The SMILES string of the molecule is OB(O)c1cccc(OCc2ccc(O)cc2)c1. The number of hydrogen-bond acceptors (Lipinski definition) is 4. The molecular formula is C13H13BO4. The van der Waals surface area contributed by atoms with Crippen molar-refractivity contribution in [2.75, 3.05) is 0 Å². The van der Waals surface area contributed by atoms with Gasteiger partial charge in [-0.2, -0.15) is 0 Å². The van der Waals surface area contributed by atoms with Crippen LogP contribution >= 0.6 is 0 Å². The van der Waals surface area contributed by atoms with Gasteiger partial charge in [-0.25, -0.2) is 0 Å². The van der Waals surface area contributed by atoms with Gasteiger partial charge >= 0.3 is 7.12 Å². The Labute approximate surface area is 105 Å². The van der Waals surface area contributed by atoms with Crippen LogP contribution in [0.4, 0.5) is 0 Å². The van der Waals surface area contributed by atoms with Crippen LogP contribution in [-0.4, -0.2) is 22.3 Å². The summed E-state index contributed by atoms with van der Waals surface area (Å²) in [6.07, 6.45) is 0. The molecule has 0 saturated heterocycles.